The van der Waals surface area contributed by atoms with Crippen LogP contribution in [0.25, 0.3) is 0 Å². The molecule has 7 nitrogen and oxygen atoms in total. The Balaban J connectivity index is 0.00000450. The van der Waals surface area contributed by atoms with Crippen molar-refractivity contribution in [2.45, 2.75) is 59.1 Å². The average molecular weight is 533 g/mol. The van der Waals surface area contributed by atoms with Crippen molar-refractivity contribution in [3.63, 3.8) is 0 Å². The molecule has 1 aliphatic heterocycles. The summed E-state index contributed by atoms with van der Waals surface area (Å²) in [6, 6.07) is 4.19. The molecule has 30 heavy (non-hydrogen) atoms. The molecule has 1 aromatic heterocycles. The highest BCUT2D eigenvalue weighted by Gasteiger charge is 2.27. The Bertz CT molecular complexity index is 683. The molecule has 1 saturated heterocycles. The van der Waals surface area contributed by atoms with Gasteiger partial charge in [-0.05, 0) is 65.0 Å². The number of aryl methyl sites for hydroxylation is 1. The molecule has 1 N–H and O–H groups in total. The van der Waals surface area contributed by atoms with E-state index >= 15 is 0 Å². The lowest BCUT2D eigenvalue weighted by Crippen LogP contribution is -2.43. The van der Waals surface area contributed by atoms with E-state index in [4.69, 9.17) is 9.73 Å². The molecule has 1 amide bonds. The minimum Gasteiger partial charge on any atom is -0.444 e. The lowest BCUT2D eigenvalue weighted by Gasteiger charge is -2.34. The fraction of sp³-hybridized carbons (Fsp3) is 0.727. The van der Waals surface area contributed by atoms with Crippen LogP contribution < -0.4 is 5.32 Å². The second kappa shape index (κ2) is 12.4. The van der Waals surface area contributed by atoms with Crippen LogP contribution in [0.4, 0.5) is 4.79 Å². The molecule has 1 aliphatic rings. The third kappa shape index (κ3) is 8.73. The van der Waals surface area contributed by atoms with Crippen molar-refractivity contribution in [1.82, 2.24) is 19.7 Å². The number of likely N-dealkylation sites (tertiary alicyclic amines) is 1. The van der Waals surface area contributed by atoms with Crippen LogP contribution in [0.5, 0.6) is 0 Å². The molecule has 1 aromatic rings. The summed E-state index contributed by atoms with van der Waals surface area (Å²) in [4.78, 5) is 21.2. The van der Waals surface area contributed by atoms with Gasteiger partial charge in [0.2, 0.25) is 0 Å². The Morgan fingerprint density at radius 1 is 1.40 bits per heavy atom. The molecular formula is C22H40IN5O2. The summed E-state index contributed by atoms with van der Waals surface area (Å²) >= 11 is 0. The van der Waals surface area contributed by atoms with Crippen LogP contribution in [0.1, 0.15) is 52.7 Å². The SMILES string of the molecule is CCNC(=NCCC1CCCN(C(=O)OC(C)(C)C)C1)N(C)Cc1cccn1C.I. The maximum atomic E-state index is 12.4. The predicted molar refractivity (Wildman–Crippen MR) is 133 cm³/mol. The number of halogens is 1. The zero-order chi connectivity index (χ0) is 21.4. The van der Waals surface area contributed by atoms with Crippen LogP contribution in [0.15, 0.2) is 23.3 Å². The topological polar surface area (TPSA) is 62.1 Å². The van der Waals surface area contributed by atoms with Crippen molar-refractivity contribution < 1.29 is 9.53 Å². The van der Waals surface area contributed by atoms with E-state index < -0.39 is 5.60 Å². The zero-order valence-electron chi connectivity index (χ0n) is 19.5. The Morgan fingerprint density at radius 3 is 2.73 bits per heavy atom. The number of nitrogens with one attached hydrogen (secondary N) is 1. The summed E-state index contributed by atoms with van der Waals surface area (Å²) < 4.78 is 7.66. The second-order valence-electron chi connectivity index (χ2n) is 8.93. The van der Waals surface area contributed by atoms with Gasteiger partial charge in [0.05, 0.1) is 6.54 Å². The minimum absolute atomic E-state index is 0. The van der Waals surface area contributed by atoms with E-state index in [1.54, 1.807) is 0 Å². The first kappa shape index (κ1) is 26.6. The number of guanidine groups is 1. The number of carbonyl (C=O) groups excluding carboxylic acids is 1. The van der Waals surface area contributed by atoms with E-state index in [0.717, 1.165) is 57.9 Å². The van der Waals surface area contributed by atoms with Crippen LogP contribution in [0.2, 0.25) is 0 Å². The molecule has 8 heteroatoms. The van der Waals surface area contributed by atoms with Crippen molar-refractivity contribution in [2.75, 3.05) is 33.2 Å². The Labute approximate surface area is 199 Å². The summed E-state index contributed by atoms with van der Waals surface area (Å²) in [5.74, 6) is 1.40. The quantitative estimate of drug-likeness (QED) is 0.340. The van der Waals surface area contributed by atoms with E-state index in [1.807, 2.05) is 25.7 Å². The van der Waals surface area contributed by atoms with Gasteiger partial charge in [0.25, 0.3) is 0 Å². The zero-order valence-corrected chi connectivity index (χ0v) is 21.8. The molecule has 0 aliphatic carbocycles. The minimum atomic E-state index is -0.446. The molecule has 1 fully saturated rings. The van der Waals surface area contributed by atoms with Gasteiger partial charge in [-0.3, -0.25) is 4.99 Å². The number of amides is 1. The summed E-state index contributed by atoms with van der Waals surface area (Å²) in [5, 5.41) is 3.39. The monoisotopic (exact) mass is 533 g/mol. The number of ether oxygens (including phenoxy) is 1. The smallest absolute Gasteiger partial charge is 0.410 e. The summed E-state index contributed by atoms with van der Waals surface area (Å²) in [6.45, 7) is 11.8. The Hall–Kier alpha value is -1.45. The first-order chi connectivity index (χ1) is 13.7. The first-order valence-electron chi connectivity index (χ1n) is 10.8. The molecular weight excluding hydrogens is 493 g/mol. The number of nitrogens with zero attached hydrogens (tertiary/aromatic N) is 4. The van der Waals surface area contributed by atoms with Crippen LogP contribution in [0.3, 0.4) is 0 Å². The summed E-state index contributed by atoms with van der Waals surface area (Å²) in [7, 11) is 4.13. The molecule has 172 valence electrons. The van der Waals surface area contributed by atoms with Crippen molar-refractivity contribution in [2.24, 2.45) is 18.0 Å². The Morgan fingerprint density at radius 2 is 2.13 bits per heavy atom. The van der Waals surface area contributed by atoms with Gasteiger partial charge in [0.1, 0.15) is 5.60 Å². The Kier molecular flexibility index (Phi) is 11.0. The van der Waals surface area contributed by atoms with Crippen molar-refractivity contribution in [3.8, 4) is 0 Å². The van der Waals surface area contributed by atoms with Crippen LogP contribution in [-0.4, -0.2) is 65.2 Å². The molecule has 0 saturated carbocycles. The van der Waals surface area contributed by atoms with E-state index in [2.05, 4.69) is 54.1 Å². The van der Waals surface area contributed by atoms with Crippen LogP contribution in [0, 0.1) is 5.92 Å². The van der Waals surface area contributed by atoms with Crippen LogP contribution in [-0.2, 0) is 18.3 Å². The normalized spacial score (nSPS) is 17.3. The van der Waals surface area contributed by atoms with Gasteiger partial charge in [-0.25, -0.2) is 4.79 Å². The first-order valence-corrected chi connectivity index (χ1v) is 10.8. The number of aromatic nitrogens is 1. The molecule has 0 aromatic carbocycles. The standard InChI is InChI=1S/C22H39N5O2.HI/c1-7-23-20(26(6)17-19-11-9-14-25(19)5)24-13-12-18-10-8-15-27(16-18)21(28)29-22(2,3)4;/h9,11,14,18H,7-8,10,12-13,15-17H2,1-6H3,(H,23,24);1H. The number of rotatable bonds is 6. The average Bonchev–Trinajstić information content (AvgIpc) is 3.04. The molecule has 0 radical (unpaired) electrons. The van der Waals surface area contributed by atoms with E-state index in [1.165, 1.54) is 5.69 Å². The highest BCUT2D eigenvalue weighted by atomic mass is 127. The lowest BCUT2D eigenvalue weighted by atomic mass is 9.95. The molecule has 2 rings (SSSR count). The molecule has 1 unspecified atom stereocenters. The number of hydrogen-bond donors (Lipinski definition) is 1. The number of aliphatic imine (C=N–C) groups is 1. The van der Waals surface area contributed by atoms with Gasteiger partial charge in [0.15, 0.2) is 5.96 Å². The van der Waals surface area contributed by atoms with Gasteiger partial charge in [-0.1, -0.05) is 0 Å². The van der Waals surface area contributed by atoms with E-state index in [-0.39, 0.29) is 30.1 Å². The van der Waals surface area contributed by atoms with E-state index in [0.29, 0.717) is 5.92 Å². The summed E-state index contributed by atoms with van der Waals surface area (Å²) in [6.07, 6.45) is 5.02. The van der Waals surface area contributed by atoms with Crippen LogP contribution >= 0.6 is 24.0 Å². The van der Waals surface area contributed by atoms with Gasteiger partial charge >= 0.3 is 6.09 Å². The van der Waals surface area contributed by atoms with Crippen molar-refractivity contribution >= 4 is 36.0 Å². The largest absolute Gasteiger partial charge is 0.444 e. The van der Waals surface area contributed by atoms with Gasteiger partial charge in [0, 0.05) is 52.2 Å². The molecule has 1 atom stereocenters. The molecule has 0 spiro atoms. The molecule has 2 heterocycles. The number of carbonyl (C=O) groups is 1. The van der Waals surface area contributed by atoms with E-state index in [9.17, 15) is 4.79 Å². The van der Waals surface area contributed by atoms with Gasteiger partial charge in [-0.2, -0.15) is 0 Å². The highest BCUT2D eigenvalue weighted by Crippen LogP contribution is 2.21. The van der Waals surface area contributed by atoms with Crippen molar-refractivity contribution in [1.29, 1.82) is 0 Å². The fourth-order valence-corrected chi connectivity index (χ4v) is 3.59. The second-order valence-corrected chi connectivity index (χ2v) is 8.93. The predicted octanol–water partition coefficient (Wildman–Crippen LogP) is 4.08. The maximum Gasteiger partial charge on any atom is 0.410 e. The lowest BCUT2D eigenvalue weighted by molar-refractivity contribution is 0.0163. The fourth-order valence-electron chi connectivity index (χ4n) is 3.59. The molecule has 0 bridgehead atoms. The maximum absolute atomic E-state index is 12.4. The summed E-state index contributed by atoms with van der Waals surface area (Å²) in [5.41, 5.74) is 0.802. The van der Waals surface area contributed by atoms with Gasteiger partial charge in [-0.15, -0.1) is 24.0 Å². The highest BCUT2D eigenvalue weighted by molar-refractivity contribution is 14.0. The number of hydrogen-bond acceptors (Lipinski definition) is 3. The third-order valence-corrected chi connectivity index (χ3v) is 5.12. The van der Waals surface area contributed by atoms with Gasteiger partial charge < -0.3 is 24.4 Å². The van der Waals surface area contributed by atoms with Crippen molar-refractivity contribution in [3.05, 3.63) is 24.0 Å². The number of piperidine rings is 1. The third-order valence-electron chi connectivity index (χ3n) is 5.12.